The fraction of sp³-hybridized carbons (Fsp3) is 0.833. The molecule has 12 heavy (non-hydrogen) atoms. The molecule has 0 aromatic rings. The first-order valence-corrected chi connectivity index (χ1v) is 5.27. The molecule has 0 heterocycles. The highest BCUT2D eigenvalue weighted by atomic mass is 14.1. The molecule has 2 atom stereocenters. The maximum absolute atomic E-state index is 2.40. The van der Waals surface area contributed by atoms with Gasteiger partial charge in [-0.1, -0.05) is 45.8 Å². The lowest BCUT2D eigenvalue weighted by Gasteiger charge is -2.16. The van der Waals surface area contributed by atoms with Crippen LogP contribution in [0, 0.1) is 11.8 Å². The van der Waals surface area contributed by atoms with E-state index >= 15 is 0 Å². The van der Waals surface area contributed by atoms with Crippen molar-refractivity contribution in [1.82, 2.24) is 0 Å². The third-order valence-corrected chi connectivity index (χ3v) is 3.01. The zero-order valence-electron chi connectivity index (χ0n) is 9.35. The molecule has 0 saturated carbocycles. The maximum atomic E-state index is 2.40. The molecule has 72 valence electrons. The summed E-state index contributed by atoms with van der Waals surface area (Å²) in [7, 11) is 0. The van der Waals surface area contributed by atoms with Crippen molar-refractivity contribution in [3.8, 4) is 0 Å². The molecule has 0 aliphatic rings. The maximum Gasteiger partial charge on any atom is -0.0320 e. The standard InChI is InChI=1S/C12H24/c1-6-10(3)8-9-12(5)11(4)7-2/h8,11-12H,6-7,9H2,1-5H3. The zero-order valence-corrected chi connectivity index (χ0v) is 9.35. The van der Waals surface area contributed by atoms with Gasteiger partial charge in [-0.25, -0.2) is 0 Å². The lowest BCUT2D eigenvalue weighted by atomic mass is 9.90. The van der Waals surface area contributed by atoms with Crippen molar-refractivity contribution in [2.45, 2.75) is 53.9 Å². The van der Waals surface area contributed by atoms with Gasteiger partial charge in [0.2, 0.25) is 0 Å². The molecule has 0 nitrogen and oxygen atoms in total. The average Bonchev–Trinajstić information content (AvgIpc) is 2.11. The minimum absolute atomic E-state index is 0.844. The van der Waals surface area contributed by atoms with Gasteiger partial charge in [0.1, 0.15) is 0 Å². The van der Waals surface area contributed by atoms with Crippen molar-refractivity contribution in [3.05, 3.63) is 11.6 Å². The Morgan fingerprint density at radius 1 is 1.17 bits per heavy atom. The Labute approximate surface area is 78.1 Å². The third kappa shape index (κ3) is 4.58. The fourth-order valence-electron chi connectivity index (χ4n) is 1.17. The minimum atomic E-state index is 0.844. The minimum Gasteiger partial charge on any atom is -0.0853 e. The summed E-state index contributed by atoms with van der Waals surface area (Å²) in [4.78, 5) is 0. The molecule has 0 amide bonds. The number of hydrogen-bond acceptors (Lipinski definition) is 0. The lowest BCUT2D eigenvalue weighted by molar-refractivity contribution is 0.380. The topological polar surface area (TPSA) is 0 Å². The van der Waals surface area contributed by atoms with Crippen LogP contribution < -0.4 is 0 Å². The Kier molecular flexibility index (Phi) is 6.14. The van der Waals surface area contributed by atoms with Gasteiger partial charge in [0, 0.05) is 0 Å². The highest BCUT2D eigenvalue weighted by Crippen LogP contribution is 2.19. The van der Waals surface area contributed by atoms with Gasteiger partial charge in [-0.3, -0.25) is 0 Å². The van der Waals surface area contributed by atoms with E-state index in [1.54, 1.807) is 0 Å². The molecular weight excluding hydrogens is 144 g/mol. The molecule has 0 N–H and O–H groups in total. The molecule has 0 fully saturated rings. The Hall–Kier alpha value is -0.260. The smallest absolute Gasteiger partial charge is 0.0320 e. The summed E-state index contributed by atoms with van der Waals surface area (Å²) in [5.74, 6) is 1.71. The molecule has 0 aromatic carbocycles. The largest absolute Gasteiger partial charge is 0.0853 e. The Balaban J connectivity index is 3.77. The molecule has 0 rings (SSSR count). The Morgan fingerprint density at radius 3 is 2.17 bits per heavy atom. The van der Waals surface area contributed by atoms with E-state index in [4.69, 9.17) is 0 Å². The molecule has 0 spiro atoms. The second-order valence-electron chi connectivity index (χ2n) is 4.00. The van der Waals surface area contributed by atoms with Crippen LogP contribution in [0.15, 0.2) is 11.6 Å². The van der Waals surface area contributed by atoms with Crippen LogP contribution >= 0.6 is 0 Å². The van der Waals surface area contributed by atoms with Gasteiger partial charge in [0.05, 0.1) is 0 Å². The monoisotopic (exact) mass is 168 g/mol. The van der Waals surface area contributed by atoms with E-state index in [-0.39, 0.29) is 0 Å². The summed E-state index contributed by atoms with van der Waals surface area (Å²) >= 11 is 0. The van der Waals surface area contributed by atoms with E-state index in [1.807, 2.05) is 0 Å². The van der Waals surface area contributed by atoms with Crippen molar-refractivity contribution in [3.63, 3.8) is 0 Å². The molecule has 0 radical (unpaired) electrons. The van der Waals surface area contributed by atoms with E-state index in [0.717, 1.165) is 11.8 Å². The van der Waals surface area contributed by atoms with Gasteiger partial charge < -0.3 is 0 Å². The third-order valence-electron chi connectivity index (χ3n) is 3.01. The van der Waals surface area contributed by atoms with Crippen LogP contribution in [0.5, 0.6) is 0 Å². The summed E-state index contributed by atoms with van der Waals surface area (Å²) in [5, 5.41) is 0. The Bertz CT molecular complexity index is 133. The van der Waals surface area contributed by atoms with Gasteiger partial charge >= 0.3 is 0 Å². The highest BCUT2D eigenvalue weighted by molar-refractivity contribution is 4.97. The van der Waals surface area contributed by atoms with E-state index in [1.165, 1.54) is 24.8 Å². The number of allylic oxidation sites excluding steroid dienone is 2. The van der Waals surface area contributed by atoms with Crippen molar-refractivity contribution in [2.75, 3.05) is 0 Å². The van der Waals surface area contributed by atoms with Gasteiger partial charge in [-0.2, -0.15) is 0 Å². The van der Waals surface area contributed by atoms with Gasteiger partial charge in [0.15, 0.2) is 0 Å². The molecule has 0 saturated heterocycles. The summed E-state index contributed by atoms with van der Waals surface area (Å²) in [6, 6.07) is 0. The SMILES string of the molecule is CCC(C)=CCC(C)C(C)CC. The summed E-state index contributed by atoms with van der Waals surface area (Å²) in [5.41, 5.74) is 1.53. The quantitative estimate of drug-likeness (QED) is 0.533. The van der Waals surface area contributed by atoms with Crippen LogP contribution in [-0.4, -0.2) is 0 Å². The lowest BCUT2D eigenvalue weighted by Crippen LogP contribution is -2.05. The van der Waals surface area contributed by atoms with E-state index in [0.29, 0.717) is 0 Å². The van der Waals surface area contributed by atoms with E-state index < -0.39 is 0 Å². The summed E-state index contributed by atoms with van der Waals surface area (Å²) < 4.78 is 0. The first-order chi connectivity index (χ1) is 5.61. The first kappa shape index (κ1) is 11.7. The van der Waals surface area contributed by atoms with E-state index in [2.05, 4.69) is 40.7 Å². The van der Waals surface area contributed by atoms with E-state index in [9.17, 15) is 0 Å². The van der Waals surface area contributed by atoms with Crippen molar-refractivity contribution in [1.29, 1.82) is 0 Å². The van der Waals surface area contributed by atoms with Crippen LogP contribution in [0.25, 0.3) is 0 Å². The van der Waals surface area contributed by atoms with Crippen molar-refractivity contribution < 1.29 is 0 Å². The summed E-state index contributed by atoms with van der Waals surface area (Å²) in [6.45, 7) is 11.4. The van der Waals surface area contributed by atoms with Crippen molar-refractivity contribution >= 4 is 0 Å². The predicted octanol–water partition coefficient (Wildman–Crippen LogP) is 4.42. The van der Waals surface area contributed by atoms with Crippen molar-refractivity contribution in [2.24, 2.45) is 11.8 Å². The molecular formula is C12H24. The average molecular weight is 168 g/mol. The molecule has 0 aromatic heterocycles. The fourth-order valence-corrected chi connectivity index (χ4v) is 1.17. The number of hydrogen-bond donors (Lipinski definition) is 0. The van der Waals surface area contributed by atoms with Crippen LogP contribution in [0.3, 0.4) is 0 Å². The van der Waals surface area contributed by atoms with Crippen LogP contribution in [0.1, 0.15) is 53.9 Å². The second kappa shape index (κ2) is 6.28. The molecule has 0 heteroatoms. The van der Waals surface area contributed by atoms with Gasteiger partial charge in [-0.05, 0) is 31.6 Å². The molecule has 0 aliphatic heterocycles. The normalized spacial score (nSPS) is 17.6. The molecule has 0 aliphatic carbocycles. The highest BCUT2D eigenvalue weighted by Gasteiger charge is 2.07. The molecule has 2 unspecified atom stereocenters. The van der Waals surface area contributed by atoms with Gasteiger partial charge in [0.25, 0.3) is 0 Å². The zero-order chi connectivity index (χ0) is 9.56. The summed E-state index contributed by atoms with van der Waals surface area (Å²) in [6.07, 6.45) is 6.17. The molecule has 0 bridgehead atoms. The van der Waals surface area contributed by atoms with Crippen LogP contribution in [0.2, 0.25) is 0 Å². The predicted molar refractivity (Wildman–Crippen MR) is 57.3 cm³/mol. The van der Waals surface area contributed by atoms with Crippen LogP contribution in [-0.2, 0) is 0 Å². The van der Waals surface area contributed by atoms with Crippen LogP contribution in [0.4, 0.5) is 0 Å². The van der Waals surface area contributed by atoms with Gasteiger partial charge in [-0.15, -0.1) is 0 Å². The second-order valence-corrected chi connectivity index (χ2v) is 4.00. The number of rotatable bonds is 5. The first-order valence-electron chi connectivity index (χ1n) is 5.27. The Morgan fingerprint density at radius 2 is 1.75 bits per heavy atom.